The highest BCUT2D eigenvalue weighted by Crippen LogP contribution is 2.25. The first kappa shape index (κ1) is 20.1. The summed E-state index contributed by atoms with van der Waals surface area (Å²) in [5.41, 5.74) is 5.33. The number of aliphatic hydroxyl groups excluding tert-OH is 2. The van der Waals surface area contributed by atoms with Gasteiger partial charge in [0.25, 0.3) is 0 Å². The van der Waals surface area contributed by atoms with E-state index >= 15 is 0 Å². The molecule has 0 aliphatic heterocycles. The van der Waals surface area contributed by atoms with Gasteiger partial charge in [-0.15, -0.1) is 0 Å². The highest BCUT2D eigenvalue weighted by molar-refractivity contribution is 5.84. The minimum absolute atomic E-state index is 0.0122. The molecule has 2 aromatic heterocycles. The van der Waals surface area contributed by atoms with Crippen LogP contribution < -0.4 is 0 Å². The Morgan fingerprint density at radius 3 is 1.71 bits per heavy atom. The molecule has 2 heterocycles. The third-order valence-corrected chi connectivity index (χ3v) is 4.52. The fourth-order valence-corrected chi connectivity index (χ4v) is 3.17. The van der Waals surface area contributed by atoms with E-state index in [4.69, 9.17) is 28.5 Å². The summed E-state index contributed by atoms with van der Waals surface area (Å²) in [7, 11) is 3.37. The van der Waals surface area contributed by atoms with Gasteiger partial charge >= 0.3 is 0 Å². The molecule has 0 amide bonds. The Morgan fingerprint density at radius 2 is 1.11 bits per heavy atom. The van der Waals surface area contributed by atoms with Crippen molar-refractivity contribution >= 4 is 21.9 Å². The molecule has 0 saturated heterocycles. The predicted octanol–water partition coefficient (Wildman–Crippen LogP) is 4.14. The van der Waals surface area contributed by atoms with Gasteiger partial charge in [0, 0.05) is 36.1 Å². The first-order valence-corrected chi connectivity index (χ1v) is 8.89. The summed E-state index contributed by atoms with van der Waals surface area (Å²) in [5.74, 6) is 0. The lowest BCUT2D eigenvalue weighted by Crippen LogP contribution is -1.92. The van der Waals surface area contributed by atoms with Gasteiger partial charge < -0.3 is 28.5 Å². The number of aliphatic hydroxyl groups is 2. The smallest absolute Gasteiger partial charge is 0.139 e. The zero-order valence-electron chi connectivity index (χ0n) is 16.0. The monoisotopic (exact) mass is 384 g/mol. The van der Waals surface area contributed by atoms with Crippen LogP contribution in [0.25, 0.3) is 21.9 Å². The van der Waals surface area contributed by atoms with Crippen LogP contribution in [0.5, 0.6) is 0 Å². The lowest BCUT2D eigenvalue weighted by atomic mass is 10.1. The van der Waals surface area contributed by atoms with Crippen molar-refractivity contribution in [1.29, 1.82) is 0 Å². The van der Waals surface area contributed by atoms with Crippen molar-refractivity contribution in [2.75, 3.05) is 14.2 Å². The van der Waals surface area contributed by atoms with Crippen LogP contribution in [-0.2, 0) is 35.9 Å². The number of furan rings is 2. The van der Waals surface area contributed by atoms with Crippen molar-refractivity contribution in [2.24, 2.45) is 0 Å². The Hall–Kier alpha value is -2.64. The van der Waals surface area contributed by atoms with Crippen LogP contribution in [0.15, 0.2) is 57.8 Å². The van der Waals surface area contributed by atoms with E-state index in [2.05, 4.69) is 6.07 Å². The van der Waals surface area contributed by atoms with E-state index in [1.54, 1.807) is 44.9 Å². The average molecular weight is 384 g/mol. The molecular formula is C22H24O6. The summed E-state index contributed by atoms with van der Waals surface area (Å²) in [4.78, 5) is 0. The Balaban J connectivity index is 0.000000162. The van der Waals surface area contributed by atoms with Crippen LogP contribution in [0, 0.1) is 0 Å². The quantitative estimate of drug-likeness (QED) is 0.520. The van der Waals surface area contributed by atoms with E-state index in [-0.39, 0.29) is 13.2 Å². The van der Waals surface area contributed by atoms with E-state index in [0.717, 1.165) is 38.6 Å². The van der Waals surface area contributed by atoms with Gasteiger partial charge in [-0.3, -0.25) is 0 Å². The molecule has 0 spiro atoms. The van der Waals surface area contributed by atoms with Crippen molar-refractivity contribution in [3.63, 3.8) is 0 Å². The average Bonchev–Trinajstić information content (AvgIpc) is 3.40. The van der Waals surface area contributed by atoms with Crippen molar-refractivity contribution in [3.05, 3.63) is 71.2 Å². The largest absolute Gasteiger partial charge is 0.464 e. The minimum Gasteiger partial charge on any atom is -0.464 e. The van der Waals surface area contributed by atoms with Gasteiger partial charge in [0.05, 0.1) is 39.0 Å². The molecule has 2 aromatic carbocycles. The molecule has 0 bridgehead atoms. The van der Waals surface area contributed by atoms with E-state index in [9.17, 15) is 0 Å². The standard InChI is InChI=1S/C12H14O3.C10H10O3/c1-13-7-9-3-4-10(8-14-2)12-11(9)5-6-15-12;11-5-7-1-2-8(6-12)10-9(7)3-4-13-10/h3-6H,7-8H2,1-2H3;1-4,11-12H,5-6H2. The lowest BCUT2D eigenvalue weighted by Gasteiger charge is -2.05. The molecule has 4 aromatic rings. The molecule has 0 radical (unpaired) electrons. The molecule has 4 rings (SSSR count). The Bertz CT molecular complexity index is 952. The summed E-state index contributed by atoms with van der Waals surface area (Å²) in [5, 5.41) is 20.0. The van der Waals surface area contributed by atoms with Gasteiger partial charge in [-0.1, -0.05) is 24.3 Å². The summed E-state index contributed by atoms with van der Waals surface area (Å²) in [6.07, 6.45) is 3.26. The zero-order valence-corrected chi connectivity index (χ0v) is 16.0. The molecule has 0 unspecified atom stereocenters. The van der Waals surface area contributed by atoms with Crippen molar-refractivity contribution < 1.29 is 28.5 Å². The number of hydrogen-bond acceptors (Lipinski definition) is 6. The molecule has 28 heavy (non-hydrogen) atoms. The SMILES string of the molecule is COCc1ccc(COC)c2occc12.OCc1ccc(CO)c2occc12. The molecule has 0 saturated carbocycles. The van der Waals surface area contributed by atoms with Gasteiger partial charge in [-0.25, -0.2) is 0 Å². The van der Waals surface area contributed by atoms with E-state index < -0.39 is 0 Å². The van der Waals surface area contributed by atoms with Crippen molar-refractivity contribution in [2.45, 2.75) is 26.4 Å². The van der Waals surface area contributed by atoms with Gasteiger partial charge in [-0.05, 0) is 23.3 Å². The maximum absolute atomic E-state index is 9.01. The normalized spacial score (nSPS) is 11.0. The van der Waals surface area contributed by atoms with Crippen molar-refractivity contribution in [3.8, 4) is 0 Å². The third-order valence-electron chi connectivity index (χ3n) is 4.52. The Labute approximate surface area is 162 Å². The number of ether oxygens (including phenoxy) is 2. The summed E-state index contributed by atoms with van der Waals surface area (Å²) in [6.45, 7) is 1.11. The van der Waals surface area contributed by atoms with Gasteiger partial charge in [-0.2, -0.15) is 0 Å². The number of fused-ring (bicyclic) bond motifs is 2. The van der Waals surface area contributed by atoms with E-state index in [0.29, 0.717) is 18.8 Å². The second-order valence-electron chi connectivity index (χ2n) is 6.28. The number of benzene rings is 2. The third kappa shape index (κ3) is 4.10. The van der Waals surface area contributed by atoms with Gasteiger partial charge in [0.1, 0.15) is 11.2 Å². The minimum atomic E-state index is -0.0459. The van der Waals surface area contributed by atoms with Gasteiger partial charge in [0.2, 0.25) is 0 Å². The maximum atomic E-state index is 9.01. The molecule has 0 aliphatic rings. The second kappa shape index (κ2) is 9.52. The first-order chi connectivity index (χ1) is 13.7. The Kier molecular flexibility index (Phi) is 6.84. The van der Waals surface area contributed by atoms with Crippen LogP contribution in [0.2, 0.25) is 0 Å². The number of rotatable bonds is 6. The molecular weight excluding hydrogens is 360 g/mol. The van der Waals surface area contributed by atoms with Gasteiger partial charge in [0.15, 0.2) is 0 Å². The molecule has 6 nitrogen and oxygen atoms in total. The molecule has 2 N–H and O–H groups in total. The summed E-state index contributed by atoms with van der Waals surface area (Å²) in [6, 6.07) is 11.4. The predicted molar refractivity (Wildman–Crippen MR) is 106 cm³/mol. The fourth-order valence-electron chi connectivity index (χ4n) is 3.17. The van der Waals surface area contributed by atoms with Crippen LogP contribution in [0.4, 0.5) is 0 Å². The number of hydrogen-bond donors (Lipinski definition) is 2. The highest BCUT2D eigenvalue weighted by atomic mass is 16.5. The lowest BCUT2D eigenvalue weighted by molar-refractivity contribution is 0.183. The van der Waals surface area contributed by atoms with E-state index in [1.165, 1.54) is 0 Å². The molecule has 0 atom stereocenters. The second-order valence-corrected chi connectivity index (χ2v) is 6.28. The summed E-state index contributed by atoms with van der Waals surface area (Å²) < 4.78 is 20.9. The maximum Gasteiger partial charge on any atom is 0.139 e. The highest BCUT2D eigenvalue weighted by Gasteiger charge is 2.08. The zero-order chi connectivity index (χ0) is 19.9. The topological polar surface area (TPSA) is 85.2 Å². The van der Waals surface area contributed by atoms with Crippen LogP contribution >= 0.6 is 0 Å². The fraction of sp³-hybridized carbons (Fsp3) is 0.273. The Morgan fingerprint density at radius 1 is 0.643 bits per heavy atom. The molecule has 6 heteroatoms. The number of methoxy groups -OCH3 is 2. The molecule has 0 fully saturated rings. The van der Waals surface area contributed by atoms with E-state index in [1.807, 2.05) is 12.1 Å². The van der Waals surface area contributed by atoms with Crippen LogP contribution in [-0.4, -0.2) is 24.4 Å². The summed E-state index contributed by atoms with van der Waals surface area (Å²) >= 11 is 0. The molecule has 0 aliphatic carbocycles. The van der Waals surface area contributed by atoms with Crippen LogP contribution in [0.1, 0.15) is 22.3 Å². The van der Waals surface area contributed by atoms with Crippen LogP contribution in [0.3, 0.4) is 0 Å². The first-order valence-electron chi connectivity index (χ1n) is 8.89. The molecule has 148 valence electrons. The van der Waals surface area contributed by atoms with Crippen molar-refractivity contribution in [1.82, 2.24) is 0 Å².